The van der Waals surface area contributed by atoms with Crippen molar-refractivity contribution in [2.75, 3.05) is 26.0 Å². The van der Waals surface area contributed by atoms with Gasteiger partial charge in [-0.1, -0.05) is 32.0 Å². The number of nitrogens with one attached hydrogen (secondary N) is 2. The van der Waals surface area contributed by atoms with Gasteiger partial charge in [-0.05, 0) is 92.6 Å². The minimum atomic E-state index is -3.55. The Morgan fingerprint density at radius 1 is 1.03 bits per heavy atom. The van der Waals surface area contributed by atoms with Crippen LogP contribution in [0.4, 0.5) is 10.5 Å². The number of rotatable bonds is 6. The molecule has 0 aliphatic heterocycles. The Bertz CT molecular complexity index is 1040. The number of thiol groups is 1. The second-order valence-corrected chi connectivity index (χ2v) is 12.2. The van der Waals surface area contributed by atoms with Gasteiger partial charge in [-0.3, -0.25) is 9.86 Å². The van der Waals surface area contributed by atoms with E-state index in [-0.39, 0.29) is 5.41 Å². The van der Waals surface area contributed by atoms with Crippen LogP contribution in [0.15, 0.2) is 35.2 Å². The molecule has 0 aromatic heterocycles. The van der Waals surface area contributed by atoms with Gasteiger partial charge < -0.3 is 10.2 Å². The molecule has 0 fully saturated rings. The molecular weight excluding hydrogens is 420 g/mol. The summed E-state index contributed by atoms with van der Waals surface area (Å²) in [5.74, 6) is 0. The number of nitrogens with two attached hydrogens (primary N) is 1. The smallest absolute Gasteiger partial charge is 0.309 e. The van der Waals surface area contributed by atoms with E-state index in [1.165, 1.54) is 22.3 Å². The third kappa shape index (κ3) is 4.60. The summed E-state index contributed by atoms with van der Waals surface area (Å²) >= 11 is 0. The third-order valence-electron chi connectivity index (χ3n) is 6.72. The number of aryl methyl sites for hydroxylation is 2. The van der Waals surface area contributed by atoms with Crippen molar-refractivity contribution >= 4 is 22.0 Å². The van der Waals surface area contributed by atoms with Crippen molar-refractivity contribution in [2.45, 2.75) is 62.7 Å². The maximum absolute atomic E-state index is 13.2. The molecule has 174 valence electrons. The molecule has 0 radical (unpaired) electrons. The molecule has 2 amide bonds. The Kier molecular flexibility index (Phi) is 6.18. The lowest BCUT2D eigenvalue weighted by Gasteiger charge is -2.29. The molecule has 0 saturated heterocycles. The molecule has 0 bridgehead atoms. The third-order valence-corrected chi connectivity index (χ3v) is 8.32. The van der Waals surface area contributed by atoms with Crippen LogP contribution in [0.25, 0.3) is 0 Å². The number of hydrogen-bond donors (Lipinski definition) is 4. The summed E-state index contributed by atoms with van der Waals surface area (Å²) in [5, 5.41) is 9.15. The van der Waals surface area contributed by atoms with Gasteiger partial charge in [0.2, 0.25) is 0 Å². The van der Waals surface area contributed by atoms with Crippen LogP contribution in [0.2, 0.25) is 0 Å². The maximum Gasteiger partial charge on any atom is 0.330 e. The Balaban J connectivity index is 1.50. The number of likely N-dealkylation sites (N-methyl/N-ethyl adjacent to an activating group) is 1. The minimum absolute atomic E-state index is 0.0561. The van der Waals surface area contributed by atoms with Gasteiger partial charge in [0.15, 0.2) is 0 Å². The zero-order valence-corrected chi connectivity index (χ0v) is 20.5. The Morgan fingerprint density at radius 3 is 2.12 bits per heavy atom. The lowest BCUT2D eigenvalue weighted by Crippen LogP contribution is -2.45. The summed E-state index contributed by atoms with van der Waals surface area (Å²) in [5.41, 5.74) is 7.15. The highest BCUT2D eigenvalue weighted by Crippen LogP contribution is 2.38. The summed E-state index contributed by atoms with van der Waals surface area (Å²) < 4.78 is 15.8. The SMILES string of the molecule is CN(C)CC(C)(C)c1ccc([SH](N)(=O)NC(=O)Nc2c3c(cc4c2CCC4)CCC3)cc1. The van der Waals surface area contributed by atoms with Crippen LogP contribution in [0.5, 0.6) is 0 Å². The van der Waals surface area contributed by atoms with Crippen molar-refractivity contribution < 1.29 is 9.00 Å². The number of anilines is 1. The normalized spacial score (nSPS) is 16.1. The van der Waals surface area contributed by atoms with Crippen LogP contribution in [0, 0.1) is 0 Å². The molecule has 7 heteroatoms. The number of carbonyl (C=O) groups is 1. The highest BCUT2D eigenvalue weighted by molar-refractivity contribution is 7.99. The lowest BCUT2D eigenvalue weighted by atomic mass is 9.84. The van der Waals surface area contributed by atoms with Crippen LogP contribution in [0.1, 0.15) is 54.5 Å². The van der Waals surface area contributed by atoms with Crippen LogP contribution >= 0.6 is 0 Å². The van der Waals surface area contributed by atoms with Gasteiger partial charge in [-0.25, -0.2) is 9.00 Å². The monoisotopic (exact) mass is 456 g/mol. The van der Waals surface area contributed by atoms with E-state index in [9.17, 15) is 9.00 Å². The first-order chi connectivity index (χ1) is 15.1. The van der Waals surface area contributed by atoms with Gasteiger partial charge in [0.1, 0.15) is 0 Å². The van der Waals surface area contributed by atoms with Crippen molar-refractivity contribution in [1.82, 2.24) is 9.62 Å². The van der Waals surface area contributed by atoms with Crippen molar-refractivity contribution in [1.29, 1.82) is 0 Å². The molecule has 0 atom stereocenters. The fourth-order valence-electron chi connectivity index (χ4n) is 5.34. The van der Waals surface area contributed by atoms with Gasteiger partial charge in [0.25, 0.3) is 0 Å². The number of amides is 2. The molecule has 0 saturated carbocycles. The molecule has 0 heterocycles. The van der Waals surface area contributed by atoms with Gasteiger partial charge >= 0.3 is 6.03 Å². The number of hydrogen-bond acceptors (Lipinski definition) is 3. The molecule has 0 unspecified atom stereocenters. The van der Waals surface area contributed by atoms with E-state index in [0.717, 1.165) is 56.3 Å². The number of carbonyl (C=O) groups excluding carboxylic acids is 1. The first-order valence-electron chi connectivity index (χ1n) is 11.5. The van der Waals surface area contributed by atoms with Crippen LogP contribution in [-0.2, 0) is 41.4 Å². The number of nitrogens with zero attached hydrogens (tertiary/aromatic N) is 1. The molecular formula is C25H36N4O2S. The molecule has 2 aromatic carbocycles. The number of urea groups is 1. The van der Waals surface area contributed by atoms with Crippen LogP contribution in [0.3, 0.4) is 0 Å². The van der Waals surface area contributed by atoms with E-state index in [2.05, 4.69) is 34.9 Å². The van der Waals surface area contributed by atoms with E-state index >= 15 is 0 Å². The molecule has 4 rings (SSSR count). The predicted octanol–water partition coefficient (Wildman–Crippen LogP) is 3.49. The van der Waals surface area contributed by atoms with Crippen molar-refractivity contribution in [3.05, 3.63) is 58.1 Å². The van der Waals surface area contributed by atoms with Gasteiger partial charge in [-0.15, -0.1) is 0 Å². The van der Waals surface area contributed by atoms with Crippen molar-refractivity contribution in [3.63, 3.8) is 0 Å². The lowest BCUT2D eigenvalue weighted by molar-refractivity contribution is 0.256. The molecule has 2 aromatic rings. The zero-order valence-electron chi connectivity index (χ0n) is 19.6. The topological polar surface area (TPSA) is 87.5 Å². The fourth-order valence-corrected chi connectivity index (χ4v) is 6.42. The Morgan fingerprint density at radius 2 is 1.59 bits per heavy atom. The molecule has 6 nitrogen and oxygen atoms in total. The van der Waals surface area contributed by atoms with E-state index in [1.807, 2.05) is 26.2 Å². The number of benzene rings is 2. The summed E-state index contributed by atoms with van der Waals surface area (Å²) in [6, 6.07) is 9.27. The van der Waals surface area contributed by atoms with E-state index in [4.69, 9.17) is 5.14 Å². The van der Waals surface area contributed by atoms with Crippen LogP contribution in [-0.4, -0.2) is 35.8 Å². The average molecular weight is 457 g/mol. The highest BCUT2D eigenvalue weighted by atomic mass is 32.3. The fraction of sp³-hybridized carbons (Fsp3) is 0.480. The molecule has 2 aliphatic rings. The highest BCUT2D eigenvalue weighted by Gasteiger charge is 2.26. The second-order valence-electron chi connectivity index (χ2n) is 10.1. The zero-order chi connectivity index (χ0) is 23.1. The van der Waals surface area contributed by atoms with E-state index in [1.54, 1.807) is 12.1 Å². The Hall–Kier alpha value is -2.22. The van der Waals surface area contributed by atoms with E-state index in [0.29, 0.717) is 4.90 Å². The van der Waals surface area contributed by atoms with E-state index < -0.39 is 16.3 Å². The largest absolute Gasteiger partial charge is 0.330 e. The number of fused-ring (bicyclic) bond motifs is 2. The maximum atomic E-state index is 13.2. The van der Waals surface area contributed by atoms with Gasteiger partial charge in [-0.2, -0.15) is 0 Å². The average Bonchev–Trinajstić information content (AvgIpc) is 3.35. The summed E-state index contributed by atoms with van der Waals surface area (Å²) in [7, 11) is 0.542. The second kappa shape index (κ2) is 8.61. The summed E-state index contributed by atoms with van der Waals surface area (Å²) in [4.78, 5) is 15.5. The molecule has 2 aliphatic carbocycles. The summed E-state index contributed by atoms with van der Waals surface area (Å²) in [6.07, 6.45) is 6.29. The van der Waals surface area contributed by atoms with Gasteiger partial charge in [0.05, 0.1) is 0 Å². The first-order valence-corrected chi connectivity index (χ1v) is 13.2. The van der Waals surface area contributed by atoms with Gasteiger partial charge in [0, 0.05) is 32.8 Å². The molecule has 4 N–H and O–H groups in total. The van der Waals surface area contributed by atoms with Crippen molar-refractivity contribution in [3.8, 4) is 0 Å². The molecule has 32 heavy (non-hydrogen) atoms. The van der Waals surface area contributed by atoms with Crippen molar-refractivity contribution in [2.24, 2.45) is 5.14 Å². The predicted molar refractivity (Wildman–Crippen MR) is 133 cm³/mol. The standard InChI is InChI=1S/C25H36N4O2S/c1-25(2,16-29(3)4)19-11-13-20(14-12-19)32(26,31)28-24(30)27-23-21-9-5-7-17(21)15-18-8-6-10-22(18)23/h11-15,32H,5-10,16H2,1-4H3,(H4,26,27,28,30,31). The quantitative estimate of drug-likeness (QED) is 0.502. The first kappa shape index (κ1) is 23.0. The Labute approximate surface area is 192 Å². The van der Waals surface area contributed by atoms with Crippen LogP contribution < -0.4 is 15.2 Å². The minimum Gasteiger partial charge on any atom is -0.309 e. The molecule has 0 spiro atoms. The summed E-state index contributed by atoms with van der Waals surface area (Å²) in [6.45, 7) is 5.23.